The number of amides is 1. The maximum absolute atomic E-state index is 12.7. The summed E-state index contributed by atoms with van der Waals surface area (Å²) >= 11 is 7.89. The highest BCUT2D eigenvalue weighted by Crippen LogP contribution is 2.40. The van der Waals surface area contributed by atoms with Gasteiger partial charge >= 0.3 is 0 Å². The van der Waals surface area contributed by atoms with Gasteiger partial charge in [-0.25, -0.2) is 0 Å². The first-order valence-electron chi connectivity index (χ1n) is 7.82. The summed E-state index contributed by atoms with van der Waals surface area (Å²) in [6.45, 7) is 4.28. The van der Waals surface area contributed by atoms with Crippen LogP contribution in [0.25, 0.3) is 0 Å². The van der Waals surface area contributed by atoms with Crippen molar-refractivity contribution in [2.45, 2.75) is 6.54 Å². The zero-order valence-electron chi connectivity index (χ0n) is 13.0. The van der Waals surface area contributed by atoms with Crippen LogP contribution in [0.15, 0.2) is 29.0 Å². The quantitative estimate of drug-likeness (QED) is 0.839. The molecule has 3 heterocycles. The average Bonchev–Trinajstić information content (AvgIpc) is 3.26. The molecule has 0 saturated carbocycles. The molecule has 1 fully saturated rings. The molecule has 1 amide bonds. The molecule has 2 aliphatic rings. The Hall–Kier alpha value is -1.76. The van der Waals surface area contributed by atoms with Crippen molar-refractivity contribution in [2.24, 2.45) is 0 Å². The summed E-state index contributed by atoms with van der Waals surface area (Å²) in [5.41, 5.74) is 1.89. The van der Waals surface area contributed by atoms with Gasteiger partial charge in [-0.3, -0.25) is 9.69 Å². The van der Waals surface area contributed by atoms with Crippen LogP contribution in [0.3, 0.4) is 0 Å². The Morgan fingerprint density at radius 3 is 2.79 bits per heavy atom. The predicted molar refractivity (Wildman–Crippen MR) is 93.1 cm³/mol. The van der Waals surface area contributed by atoms with E-state index in [1.54, 1.807) is 23.5 Å². The van der Waals surface area contributed by atoms with Crippen molar-refractivity contribution in [2.75, 3.05) is 33.0 Å². The van der Waals surface area contributed by atoms with Gasteiger partial charge in [-0.15, -0.1) is 0 Å². The minimum absolute atomic E-state index is 0.00890. The monoisotopic (exact) mass is 364 g/mol. The van der Waals surface area contributed by atoms with Gasteiger partial charge in [0.25, 0.3) is 5.91 Å². The van der Waals surface area contributed by atoms with Crippen molar-refractivity contribution in [1.82, 2.24) is 9.80 Å². The molecule has 0 radical (unpaired) electrons. The zero-order valence-corrected chi connectivity index (χ0v) is 14.6. The van der Waals surface area contributed by atoms with Crippen molar-refractivity contribution >= 4 is 28.8 Å². The van der Waals surface area contributed by atoms with E-state index in [9.17, 15) is 4.79 Å². The Morgan fingerprint density at radius 2 is 2.04 bits per heavy atom. The van der Waals surface area contributed by atoms with Gasteiger partial charge in [-0.2, -0.15) is 11.3 Å². The molecule has 5 nitrogen and oxygen atoms in total. The number of rotatable bonds is 3. The molecule has 0 unspecified atom stereocenters. The van der Waals surface area contributed by atoms with Gasteiger partial charge in [0.15, 0.2) is 11.5 Å². The summed E-state index contributed by atoms with van der Waals surface area (Å²) < 4.78 is 10.6. The van der Waals surface area contributed by atoms with E-state index in [1.807, 2.05) is 4.90 Å². The van der Waals surface area contributed by atoms with Crippen molar-refractivity contribution in [3.05, 3.63) is 45.1 Å². The first-order valence-corrected chi connectivity index (χ1v) is 9.14. The molecule has 126 valence electrons. The Morgan fingerprint density at radius 1 is 1.21 bits per heavy atom. The van der Waals surface area contributed by atoms with E-state index < -0.39 is 0 Å². The maximum atomic E-state index is 12.7. The third-order valence-corrected chi connectivity index (χ3v) is 5.33. The van der Waals surface area contributed by atoms with E-state index in [-0.39, 0.29) is 12.7 Å². The molecule has 0 aliphatic carbocycles. The van der Waals surface area contributed by atoms with Gasteiger partial charge in [0.05, 0.1) is 5.02 Å². The largest absolute Gasteiger partial charge is 0.454 e. The molecule has 1 saturated heterocycles. The minimum atomic E-state index is -0.00890. The first-order chi connectivity index (χ1) is 11.7. The average molecular weight is 365 g/mol. The second-order valence-corrected chi connectivity index (χ2v) is 7.08. The maximum Gasteiger partial charge on any atom is 0.254 e. The van der Waals surface area contributed by atoms with Crippen LogP contribution in [0.2, 0.25) is 5.02 Å². The number of hydrogen-bond donors (Lipinski definition) is 0. The minimum Gasteiger partial charge on any atom is -0.454 e. The van der Waals surface area contributed by atoms with Crippen LogP contribution >= 0.6 is 22.9 Å². The van der Waals surface area contributed by atoms with Crippen molar-refractivity contribution in [1.29, 1.82) is 0 Å². The summed E-state index contributed by atoms with van der Waals surface area (Å²) in [5.74, 6) is 1.06. The lowest BCUT2D eigenvalue weighted by molar-refractivity contribution is 0.0628. The Bertz CT molecular complexity index is 743. The highest BCUT2D eigenvalue weighted by Gasteiger charge is 2.25. The summed E-state index contributed by atoms with van der Waals surface area (Å²) in [4.78, 5) is 17.0. The Balaban J connectivity index is 1.40. The van der Waals surface area contributed by atoms with Crippen molar-refractivity contribution in [3.63, 3.8) is 0 Å². The van der Waals surface area contributed by atoms with Gasteiger partial charge in [-0.05, 0) is 34.5 Å². The number of halogens is 1. The van der Waals surface area contributed by atoms with Gasteiger partial charge in [0, 0.05) is 38.3 Å². The van der Waals surface area contributed by atoms with E-state index in [4.69, 9.17) is 21.1 Å². The van der Waals surface area contributed by atoms with E-state index in [2.05, 4.69) is 21.7 Å². The molecule has 0 spiro atoms. The molecule has 24 heavy (non-hydrogen) atoms. The summed E-state index contributed by atoms with van der Waals surface area (Å²) in [6.07, 6.45) is 0. The number of carbonyl (C=O) groups excluding carboxylic acids is 1. The highest BCUT2D eigenvalue weighted by atomic mass is 35.5. The molecule has 0 atom stereocenters. The second-order valence-electron chi connectivity index (χ2n) is 5.89. The normalized spacial score (nSPS) is 17.3. The smallest absolute Gasteiger partial charge is 0.254 e. The number of piperazine rings is 1. The van der Waals surface area contributed by atoms with E-state index in [0.717, 1.165) is 32.7 Å². The van der Waals surface area contributed by atoms with Gasteiger partial charge < -0.3 is 14.4 Å². The van der Waals surface area contributed by atoms with Crippen LogP contribution < -0.4 is 9.47 Å². The molecule has 0 N–H and O–H groups in total. The van der Waals surface area contributed by atoms with Crippen LogP contribution in [0.1, 0.15) is 15.9 Å². The fraction of sp³-hybridized carbons (Fsp3) is 0.353. The number of hydrogen-bond acceptors (Lipinski definition) is 5. The number of fused-ring (bicyclic) bond motifs is 1. The topological polar surface area (TPSA) is 42.0 Å². The summed E-state index contributed by atoms with van der Waals surface area (Å²) in [6, 6.07) is 5.53. The van der Waals surface area contributed by atoms with E-state index in [0.29, 0.717) is 22.1 Å². The van der Waals surface area contributed by atoms with Crippen molar-refractivity contribution in [3.8, 4) is 11.5 Å². The number of nitrogens with zero attached hydrogens (tertiary/aromatic N) is 2. The number of benzene rings is 1. The molecule has 2 aromatic rings. The third kappa shape index (κ3) is 3.09. The zero-order chi connectivity index (χ0) is 16.5. The fourth-order valence-corrected chi connectivity index (χ4v) is 3.95. The molecule has 2 aliphatic heterocycles. The van der Waals surface area contributed by atoms with Crippen LogP contribution in [0.4, 0.5) is 0 Å². The SMILES string of the molecule is O=C(c1cc(Cl)c2c(c1)OCO2)N1CCN(Cc2ccsc2)CC1. The standard InChI is InChI=1S/C17H17ClN2O3S/c18-14-7-13(8-15-16(14)23-11-22-15)17(21)20-4-2-19(3-5-20)9-12-1-6-24-10-12/h1,6-8,10H,2-5,9,11H2. The lowest BCUT2D eigenvalue weighted by Crippen LogP contribution is -2.48. The van der Waals surface area contributed by atoms with Crippen LogP contribution in [-0.2, 0) is 6.54 Å². The van der Waals surface area contributed by atoms with E-state index >= 15 is 0 Å². The molecule has 7 heteroatoms. The van der Waals surface area contributed by atoms with Gasteiger partial charge in [-0.1, -0.05) is 11.6 Å². The summed E-state index contributed by atoms with van der Waals surface area (Å²) in [7, 11) is 0. The van der Waals surface area contributed by atoms with E-state index in [1.165, 1.54) is 5.56 Å². The number of thiophene rings is 1. The second kappa shape index (κ2) is 6.63. The summed E-state index contributed by atoms with van der Waals surface area (Å²) in [5, 5.41) is 4.69. The molecular weight excluding hydrogens is 348 g/mol. The third-order valence-electron chi connectivity index (χ3n) is 4.32. The van der Waals surface area contributed by atoms with Gasteiger partial charge in [0.1, 0.15) is 0 Å². The number of ether oxygens (including phenoxy) is 2. The lowest BCUT2D eigenvalue weighted by atomic mass is 10.1. The Kier molecular flexibility index (Phi) is 4.35. The van der Waals surface area contributed by atoms with Crippen LogP contribution in [0.5, 0.6) is 11.5 Å². The molecule has 1 aromatic heterocycles. The van der Waals surface area contributed by atoms with Crippen LogP contribution in [0, 0.1) is 0 Å². The molecule has 1 aromatic carbocycles. The molecule has 0 bridgehead atoms. The predicted octanol–water partition coefficient (Wildman–Crippen LogP) is 3.09. The first kappa shape index (κ1) is 15.7. The fourth-order valence-electron chi connectivity index (χ4n) is 3.02. The van der Waals surface area contributed by atoms with Gasteiger partial charge in [0.2, 0.25) is 6.79 Å². The van der Waals surface area contributed by atoms with Crippen molar-refractivity contribution < 1.29 is 14.3 Å². The molecule has 4 rings (SSSR count). The van der Waals surface area contributed by atoms with Crippen LogP contribution in [-0.4, -0.2) is 48.7 Å². The molecular formula is C17H17ClN2O3S. The highest BCUT2D eigenvalue weighted by molar-refractivity contribution is 7.07. The Labute approximate surface area is 149 Å². The lowest BCUT2D eigenvalue weighted by Gasteiger charge is -2.34. The number of carbonyl (C=O) groups is 1.